The Hall–Kier alpha value is -0.440. The molecule has 2 heterocycles. The molecule has 2 aromatic carbocycles. The monoisotopic (exact) mass is 752 g/mol. The molecule has 44 heavy (non-hydrogen) atoms. The molecule has 0 amide bonds. The number of hydrogen-bond donors (Lipinski definition) is 0. The molecule has 0 N–H and O–H groups in total. The first-order valence-corrected chi connectivity index (χ1v) is 19.5. The molecule has 0 fully saturated rings. The second-order valence-electron chi connectivity index (χ2n) is 11.1. The molecular weight excluding hydrogens is 717 g/mol. The SMILES string of the molecule is CCCCCCCCCc1nnc(-c2c(Cl)c(Cl)c3c(Cl)c(Cl)c(-c4nnc(CCCCCCCCC)s4)c(Cl)c3c2Cl)s1. The summed E-state index contributed by atoms with van der Waals surface area (Å²) in [6.45, 7) is 4.47. The number of rotatable bonds is 18. The number of aromatic nitrogens is 4. The molecule has 0 atom stereocenters. The molecule has 0 saturated carbocycles. The summed E-state index contributed by atoms with van der Waals surface area (Å²) in [5, 5.41) is 23.0. The van der Waals surface area contributed by atoms with Crippen molar-refractivity contribution < 1.29 is 0 Å². The van der Waals surface area contributed by atoms with Crippen LogP contribution in [-0.4, -0.2) is 20.4 Å². The van der Waals surface area contributed by atoms with Gasteiger partial charge in [0.15, 0.2) is 10.0 Å². The van der Waals surface area contributed by atoms with E-state index < -0.39 is 0 Å². The van der Waals surface area contributed by atoms with Gasteiger partial charge in [0, 0.05) is 23.6 Å². The van der Waals surface area contributed by atoms with Crippen molar-refractivity contribution in [1.29, 1.82) is 0 Å². The molecule has 12 heteroatoms. The summed E-state index contributed by atoms with van der Waals surface area (Å²) in [5.41, 5.74) is 0.967. The van der Waals surface area contributed by atoms with Gasteiger partial charge in [-0.15, -0.1) is 20.4 Å². The lowest BCUT2D eigenvalue weighted by Gasteiger charge is -2.17. The third kappa shape index (κ3) is 8.92. The van der Waals surface area contributed by atoms with Crippen molar-refractivity contribution in [1.82, 2.24) is 20.4 Å². The largest absolute Gasteiger partial charge is 0.150 e. The van der Waals surface area contributed by atoms with Crippen LogP contribution in [0, 0.1) is 0 Å². The number of unbranched alkanes of at least 4 members (excludes halogenated alkanes) is 12. The van der Waals surface area contributed by atoms with Crippen molar-refractivity contribution >= 4 is 103 Å². The summed E-state index contributed by atoms with van der Waals surface area (Å²) in [6.07, 6.45) is 18.9. The lowest BCUT2D eigenvalue weighted by molar-refractivity contribution is 0.588. The second-order valence-corrected chi connectivity index (χ2v) is 15.5. The minimum atomic E-state index is 0.210. The fraction of sp³-hybridized carbons (Fsp3) is 0.562. The van der Waals surface area contributed by atoms with Crippen LogP contribution in [0.5, 0.6) is 0 Å². The zero-order chi connectivity index (χ0) is 31.6. The van der Waals surface area contributed by atoms with Gasteiger partial charge in [0.2, 0.25) is 0 Å². The zero-order valence-corrected chi connectivity index (χ0v) is 31.4. The van der Waals surface area contributed by atoms with Crippen LogP contribution in [0.3, 0.4) is 0 Å². The minimum Gasteiger partial charge on any atom is -0.143 e. The van der Waals surface area contributed by atoms with Crippen LogP contribution >= 0.6 is 92.3 Å². The van der Waals surface area contributed by atoms with Gasteiger partial charge in [0.1, 0.15) is 10.0 Å². The van der Waals surface area contributed by atoms with Gasteiger partial charge in [0.05, 0.1) is 41.3 Å². The fourth-order valence-corrected chi connectivity index (χ4v) is 9.43. The van der Waals surface area contributed by atoms with Crippen LogP contribution in [0.4, 0.5) is 0 Å². The van der Waals surface area contributed by atoms with E-state index in [9.17, 15) is 0 Å². The van der Waals surface area contributed by atoms with Crippen LogP contribution in [0.15, 0.2) is 0 Å². The molecule has 0 aliphatic carbocycles. The van der Waals surface area contributed by atoms with E-state index in [2.05, 4.69) is 34.2 Å². The second kappa shape index (κ2) is 18.2. The topological polar surface area (TPSA) is 51.6 Å². The number of nitrogens with zero attached hydrogens (tertiary/aromatic N) is 4. The van der Waals surface area contributed by atoms with E-state index in [1.54, 1.807) is 0 Å². The summed E-state index contributed by atoms with van der Waals surface area (Å²) < 4.78 is 0. The quantitative estimate of drug-likeness (QED) is 0.0750. The molecular formula is C32H38Cl6N4S2. The van der Waals surface area contributed by atoms with Crippen molar-refractivity contribution in [3.8, 4) is 21.1 Å². The van der Waals surface area contributed by atoms with Crippen molar-refractivity contribution in [3.63, 3.8) is 0 Å². The highest BCUT2D eigenvalue weighted by atomic mass is 35.5. The van der Waals surface area contributed by atoms with E-state index in [-0.39, 0.29) is 20.1 Å². The van der Waals surface area contributed by atoms with Crippen molar-refractivity contribution in [2.75, 3.05) is 0 Å². The molecule has 2 aromatic heterocycles. The van der Waals surface area contributed by atoms with Gasteiger partial charge in [-0.3, -0.25) is 0 Å². The van der Waals surface area contributed by atoms with E-state index in [0.717, 1.165) is 35.7 Å². The van der Waals surface area contributed by atoms with Gasteiger partial charge in [-0.1, -0.05) is 183 Å². The van der Waals surface area contributed by atoms with Crippen LogP contribution < -0.4 is 0 Å². The highest BCUT2D eigenvalue weighted by Crippen LogP contribution is 2.54. The van der Waals surface area contributed by atoms with Gasteiger partial charge in [-0.05, 0) is 12.8 Å². The molecule has 0 aliphatic rings. The average Bonchev–Trinajstić information content (AvgIpc) is 3.67. The van der Waals surface area contributed by atoms with Gasteiger partial charge in [-0.2, -0.15) is 0 Å². The predicted molar refractivity (Wildman–Crippen MR) is 195 cm³/mol. The van der Waals surface area contributed by atoms with Crippen LogP contribution in [0.2, 0.25) is 30.1 Å². The van der Waals surface area contributed by atoms with Crippen LogP contribution in [0.1, 0.15) is 114 Å². The highest BCUT2D eigenvalue weighted by Gasteiger charge is 2.29. The number of benzene rings is 2. The van der Waals surface area contributed by atoms with E-state index in [1.807, 2.05) is 0 Å². The van der Waals surface area contributed by atoms with E-state index >= 15 is 0 Å². The Bertz CT molecular complexity index is 1430. The molecule has 0 saturated heterocycles. The molecule has 0 spiro atoms. The summed E-state index contributed by atoms with van der Waals surface area (Å²) in [7, 11) is 0. The average molecular weight is 756 g/mol. The maximum atomic E-state index is 7.05. The van der Waals surface area contributed by atoms with E-state index in [4.69, 9.17) is 69.6 Å². The van der Waals surface area contributed by atoms with Gasteiger partial charge >= 0.3 is 0 Å². The normalized spacial score (nSPS) is 11.7. The Morgan fingerprint density at radius 2 is 0.750 bits per heavy atom. The third-order valence-electron chi connectivity index (χ3n) is 7.74. The Balaban J connectivity index is 1.57. The molecule has 240 valence electrons. The predicted octanol–water partition coefficient (Wildman–Crippen LogP) is 14.4. The number of fused-ring (bicyclic) bond motifs is 1. The third-order valence-corrected chi connectivity index (χ3v) is 12.2. The maximum Gasteiger partial charge on any atom is 0.150 e. The Morgan fingerprint density at radius 1 is 0.409 bits per heavy atom. The van der Waals surface area contributed by atoms with E-state index in [1.165, 1.54) is 99.7 Å². The molecule has 0 unspecified atom stereocenters. The molecule has 4 rings (SSSR count). The summed E-state index contributed by atoms with van der Waals surface area (Å²) in [6, 6.07) is 0. The molecule has 0 aliphatic heterocycles. The Morgan fingerprint density at radius 3 is 1.14 bits per heavy atom. The maximum absolute atomic E-state index is 7.05. The first kappa shape index (κ1) is 36.4. The first-order valence-electron chi connectivity index (χ1n) is 15.6. The molecule has 4 aromatic rings. The number of hydrogen-bond acceptors (Lipinski definition) is 6. The highest BCUT2D eigenvalue weighted by molar-refractivity contribution is 7.15. The fourth-order valence-electron chi connectivity index (χ4n) is 5.27. The molecule has 0 bridgehead atoms. The van der Waals surface area contributed by atoms with Crippen molar-refractivity contribution in [2.24, 2.45) is 0 Å². The number of halogens is 6. The molecule has 0 radical (unpaired) electrons. The summed E-state index contributed by atoms with van der Waals surface area (Å²) in [4.78, 5) is 0. The standard InChI is InChI=1S/C32H38Cl6N4S2/c1-3-5-7-9-11-13-15-17-19-39-41-31(43-19)23-25(33)21-22(27(35)29(23)37)28(36)30(38)24(26(21)34)32-42-40-20(44-32)18-16-14-12-10-8-6-4-2/h3-18H2,1-2H3. The van der Waals surface area contributed by atoms with Gasteiger partial charge in [-0.25, -0.2) is 0 Å². The van der Waals surface area contributed by atoms with Crippen LogP contribution in [-0.2, 0) is 12.8 Å². The Labute approximate surface area is 299 Å². The molecule has 4 nitrogen and oxygen atoms in total. The summed E-state index contributed by atoms with van der Waals surface area (Å²) in [5.74, 6) is 0. The van der Waals surface area contributed by atoms with Crippen LogP contribution in [0.25, 0.3) is 31.9 Å². The van der Waals surface area contributed by atoms with E-state index in [0.29, 0.717) is 42.0 Å². The lowest BCUT2D eigenvalue weighted by atomic mass is 10.0. The van der Waals surface area contributed by atoms with Crippen molar-refractivity contribution in [3.05, 3.63) is 40.2 Å². The van der Waals surface area contributed by atoms with Gasteiger partial charge in [0.25, 0.3) is 0 Å². The zero-order valence-electron chi connectivity index (χ0n) is 25.2. The smallest absolute Gasteiger partial charge is 0.143 e. The number of aryl methyl sites for hydroxylation is 2. The first-order chi connectivity index (χ1) is 21.3. The lowest BCUT2D eigenvalue weighted by Crippen LogP contribution is -1.92. The summed E-state index contributed by atoms with van der Waals surface area (Å²) >= 11 is 44.3. The van der Waals surface area contributed by atoms with Gasteiger partial charge < -0.3 is 0 Å². The Kier molecular flexibility index (Phi) is 15.1. The minimum absolute atomic E-state index is 0.210. The van der Waals surface area contributed by atoms with Crippen molar-refractivity contribution in [2.45, 2.75) is 117 Å².